The quantitative estimate of drug-likeness (QED) is 0.215. The molecule has 8 bridgehead atoms. The number of benzene rings is 1. The first-order chi connectivity index (χ1) is 22.6. The normalized spacial score (nSPS) is 24.1. The van der Waals surface area contributed by atoms with Gasteiger partial charge < -0.3 is 34.7 Å². The first-order valence-electron chi connectivity index (χ1n) is 15.2. The van der Waals surface area contributed by atoms with Crippen molar-refractivity contribution in [1.29, 1.82) is 0 Å². The molecule has 250 valence electrons. The minimum absolute atomic E-state index is 0.0801. The number of methoxy groups -OCH3 is 1. The summed E-state index contributed by atoms with van der Waals surface area (Å²) in [5, 5.41) is 9.06. The molecule has 10 nitrogen and oxygen atoms in total. The van der Waals surface area contributed by atoms with Crippen LogP contribution in [0.1, 0.15) is 22.3 Å². The maximum Gasteiger partial charge on any atom is 0.447 e. The van der Waals surface area contributed by atoms with E-state index in [4.69, 9.17) is 9.47 Å². The number of carbonyl (C=O) groups is 2. The van der Waals surface area contributed by atoms with Crippen molar-refractivity contribution in [3.05, 3.63) is 53.7 Å². The lowest BCUT2D eigenvalue weighted by Gasteiger charge is -2.39. The number of alkyl halides is 4. The molecule has 3 aromatic rings. The second kappa shape index (κ2) is 13.9. The van der Waals surface area contributed by atoms with Crippen LogP contribution in [0.3, 0.4) is 0 Å². The Morgan fingerprint density at radius 3 is 2.70 bits per heavy atom. The van der Waals surface area contributed by atoms with Gasteiger partial charge in [-0.15, -0.1) is 0 Å². The van der Waals surface area contributed by atoms with Gasteiger partial charge in [-0.25, -0.2) is 4.39 Å². The number of amides is 2. The lowest BCUT2D eigenvalue weighted by Crippen LogP contribution is -2.56. The molecular weight excluding hydrogens is 640 g/mol. The summed E-state index contributed by atoms with van der Waals surface area (Å²) in [6, 6.07) is 9.06. The fourth-order valence-electron chi connectivity index (χ4n) is 6.01. The van der Waals surface area contributed by atoms with Crippen LogP contribution in [0, 0.1) is 11.8 Å². The van der Waals surface area contributed by atoms with Crippen LogP contribution in [-0.2, 0) is 9.53 Å². The molecular formula is C32H34F4N6O4S. The number of morpholine rings is 1. The highest BCUT2D eigenvalue weighted by Gasteiger charge is 2.37. The lowest BCUT2D eigenvalue weighted by molar-refractivity contribution is -0.151. The lowest BCUT2D eigenvalue weighted by atomic mass is 10.0. The van der Waals surface area contributed by atoms with E-state index in [1.54, 1.807) is 36.4 Å². The third-order valence-corrected chi connectivity index (χ3v) is 9.21. The van der Waals surface area contributed by atoms with Gasteiger partial charge in [0, 0.05) is 56.2 Å². The molecule has 0 saturated carbocycles. The molecule has 0 spiro atoms. The summed E-state index contributed by atoms with van der Waals surface area (Å²) in [6.07, 6.45) is -0.375. The molecule has 1 aromatic carbocycles. The predicted octanol–water partition coefficient (Wildman–Crippen LogP) is 3.82. The van der Waals surface area contributed by atoms with Crippen molar-refractivity contribution in [3.63, 3.8) is 0 Å². The summed E-state index contributed by atoms with van der Waals surface area (Å²) in [7, 11) is 1.47. The SMILES string of the molecule is COc1cc2ccc1NCC#Cc1cc3c(cccn3c1SC(F)(F)F)N[C@@H]1CCN(C[C@@H]1F)C(=O)[C@@H]1CN(CCNC2=O)CCO1. The molecule has 15 heteroatoms. The van der Waals surface area contributed by atoms with Crippen LogP contribution in [0.2, 0.25) is 0 Å². The van der Waals surface area contributed by atoms with Crippen LogP contribution >= 0.6 is 11.8 Å². The fourth-order valence-corrected chi connectivity index (χ4v) is 6.71. The van der Waals surface area contributed by atoms with E-state index in [1.165, 1.54) is 22.6 Å². The Bertz CT molecular complexity index is 1710. The number of nitrogens with zero attached hydrogens (tertiary/aromatic N) is 3. The number of pyridine rings is 1. The summed E-state index contributed by atoms with van der Waals surface area (Å²) in [4.78, 5) is 29.7. The first-order valence-corrected chi connectivity index (χ1v) is 16.0. The Balaban J connectivity index is 1.33. The van der Waals surface area contributed by atoms with Gasteiger partial charge in [-0.2, -0.15) is 13.2 Å². The monoisotopic (exact) mass is 674 g/mol. The van der Waals surface area contributed by atoms with Crippen LogP contribution in [0.25, 0.3) is 5.52 Å². The minimum Gasteiger partial charge on any atom is -0.495 e. The van der Waals surface area contributed by atoms with Crippen molar-refractivity contribution in [2.75, 3.05) is 70.2 Å². The summed E-state index contributed by atoms with van der Waals surface area (Å²) in [5.74, 6) is 5.54. The smallest absolute Gasteiger partial charge is 0.447 e. The third-order valence-electron chi connectivity index (χ3n) is 8.36. The number of aromatic nitrogens is 1. The highest BCUT2D eigenvalue weighted by atomic mass is 32.2. The summed E-state index contributed by atoms with van der Waals surface area (Å²) in [5.41, 5.74) is -2.61. The van der Waals surface area contributed by atoms with E-state index >= 15 is 4.39 Å². The second-order valence-electron chi connectivity index (χ2n) is 11.4. The number of hydrogen-bond acceptors (Lipinski definition) is 8. The highest BCUT2D eigenvalue weighted by Crippen LogP contribution is 2.41. The number of thioether (sulfide) groups is 1. The molecule has 47 heavy (non-hydrogen) atoms. The number of nitrogens with one attached hydrogen (secondary N) is 3. The maximum atomic E-state index is 15.6. The average Bonchev–Trinajstić information content (AvgIpc) is 3.39. The zero-order valence-electron chi connectivity index (χ0n) is 25.5. The Labute approximate surface area is 273 Å². The molecule has 2 saturated heterocycles. The summed E-state index contributed by atoms with van der Waals surface area (Å²) >= 11 is -0.271. The molecule has 2 amide bonds. The largest absolute Gasteiger partial charge is 0.495 e. The van der Waals surface area contributed by atoms with Crippen LogP contribution < -0.4 is 20.7 Å². The molecule has 6 aliphatic rings. The zero-order chi connectivity index (χ0) is 33.1. The van der Waals surface area contributed by atoms with Gasteiger partial charge in [0.15, 0.2) is 0 Å². The van der Waals surface area contributed by atoms with Gasteiger partial charge in [-0.1, -0.05) is 11.8 Å². The van der Waals surface area contributed by atoms with Gasteiger partial charge in [0.1, 0.15) is 23.1 Å². The van der Waals surface area contributed by atoms with E-state index in [9.17, 15) is 22.8 Å². The van der Waals surface area contributed by atoms with Crippen molar-refractivity contribution in [2.24, 2.45) is 0 Å². The molecule has 3 N–H and O–H groups in total. The van der Waals surface area contributed by atoms with Crippen molar-refractivity contribution in [3.8, 4) is 17.6 Å². The van der Waals surface area contributed by atoms with Gasteiger partial charge in [-0.05, 0) is 42.8 Å². The molecule has 1 unspecified atom stereocenters. The van der Waals surface area contributed by atoms with E-state index in [2.05, 4.69) is 27.8 Å². The number of halogens is 4. The van der Waals surface area contributed by atoms with E-state index < -0.39 is 23.8 Å². The number of ether oxygens (including phenoxy) is 2. The number of hydrogen-bond donors (Lipinski definition) is 3. The van der Waals surface area contributed by atoms with Crippen LogP contribution in [0.15, 0.2) is 47.6 Å². The van der Waals surface area contributed by atoms with Crippen LogP contribution in [0.5, 0.6) is 5.75 Å². The third kappa shape index (κ3) is 7.55. The molecule has 8 heterocycles. The molecule has 0 radical (unpaired) electrons. The topological polar surface area (TPSA) is 99.6 Å². The molecule has 6 aliphatic heterocycles. The first kappa shape index (κ1) is 32.8. The van der Waals surface area contributed by atoms with Gasteiger partial charge in [-0.3, -0.25) is 14.5 Å². The Hall–Kier alpha value is -4.13. The molecule has 2 aromatic heterocycles. The Morgan fingerprint density at radius 1 is 1.06 bits per heavy atom. The van der Waals surface area contributed by atoms with E-state index in [0.717, 1.165) is 0 Å². The number of rotatable bonds is 2. The molecule has 2 fully saturated rings. The number of carbonyl (C=O) groups excluding carboxylic acids is 2. The molecule has 9 rings (SSSR count). The van der Waals surface area contributed by atoms with Crippen molar-refractivity contribution in [1.82, 2.24) is 19.5 Å². The van der Waals surface area contributed by atoms with E-state index in [1.807, 2.05) is 4.90 Å². The standard InChI is InChI=1S/C32H34F4N6O4S/c1-45-27-17-20-6-7-25(27)37-9-2-4-21-16-26-24(5-3-11-42(26)31(21)47-32(34,35)36)39-23-8-12-41(18-22(23)33)30(44)28-19-40(14-15-46-28)13-10-38-29(20)43/h3,5-7,11,16-17,22-23,28,37,39H,8-10,12-15,18-19H2,1H3,(H,38,43)/t22-,23+,28-/m0/s1. The summed E-state index contributed by atoms with van der Waals surface area (Å²) in [6.45, 7) is 2.30. The number of piperidine rings is 1. The average molecular weight is 675 g/mol. The predicted molar refractivity (Wildman–Crippen MR) is 170 cm³/mol. The van der Waals surface area contributed by atoms with Crippen LogP contribution in [-0.4, -0.2) is 109 Å². The number of anilines is 2. The second-order valence-corrected chi connectivity index (χ2v) is 12.5. The zero-order valence-corrected chi connectivity index (χ0v) is 26.3. The van der Waals surface area contributed by atoms with Crippen molar-refractivity contribution >= 4 is 40.5 Å². The molecule has 4 atom stereocenters. The minimum atomic E-state index is -4.57. The van der Waals surface area contributed by atoms with Gasteiger partial charge in [0.25, 0.3) is 11.8 Å². The van der Waals surface area contributed by atoms with Gasteiger partial charge in [0.05, 0.1) is 55.3 Å². The van der Waals surface area contributed by atoms with Gasteiger partial charge in [0.2, 0.25) is 0 Å². The Kier molecular flexibility index (Phi) is 9.72. The highest BCUT2D eigenvalue weighted by molar-refractivity contribution is 8.00. The van der Waals surface area contributed by atoms with Gasteiger partial charge >= 0.3 is 5.51 Å². The van der Waals surface area contributed by atoms with Crippen molar-refractivity contribution < 1.29 is 36.6 Å². The van der Waals surface area contributed by atoms with E-state index in [-0.39, 0.29) is 53.8 Å². The Morgan fingerprint density at radius 2 is 1.91 bits per heavy atom. The molecule has 0 aliphatic carbocycles. The van der Waals surface area contributed by atoms with Crippen LogP contribution in [0.4, 0.5) is 28.9 Å². The van der Waals surface area contributed by atoms with Crippen molar-refractivity contribution in [2.45, 2.75) is 35.3 Å². The summed E-state index contributed by atoms with van der Waals surface area (Å²) < 4.78 is 69.2. The van der Waals surface area contributed by atoms with E-state index in [0.29, 0.717) is 67.4 Å². The maximum absolute atomic E-state index is 15.6. The fraction of sp³-hybridized carbons (Fsp3) is 0.438.